The molecule has 2 rings (SSSR count). The van der Waals surface area contributed by atoms with Gasteiger partial charge in [0.05, 0.1) is 5.92 Å². The summed E-state index contributed by atoms with van der Waals surface area (Å²) in [6.07, 6.45) is -2.58. The van der Waals surface area contributed by atoms with Gasteiger partial charge < -0.3 is 5.11 Å². The van der Waals surface area contributed by atoms with Crippen LogP contribution in [0.15, 0.2) is 30.3 Å². The van der Waals surface area contributed by atoms with Crippen LogP contribution < -0.4 is 0 Å². The van der Waals surface area contributed by atoms with E-state index in [1.54, 1.807) is 4.90 Å². The maximum absolute atomic E-state index is 12.8. The third kappa shape index (κ3) is 2.85. The molecule has 0 radical (unpaired) electrons. The van der Waals surface area contributed by atoms with Gasteiger partial charge in [-0.25, -0.2) is 8.78 Å². The Balaban J connectivity index is 2.03. The van der Waals surface area contributed by atoms with Gasteiger partial charge in [-0.2, -0.15) is 0 Å². The fraction of sp³-hybridized carbons (Fsp3) is 0.462. The summed E-state index contributed by atoms with van der Waals surface area (Å²) >= 11 is 0. The smallest absolute Gasteiger partial charge is 0.308 e. The van der Waals surface area contributed by atoms with Gasteiger partial charge in [-0.05, 0) is 5.56 Å². The highest BCUT2D eigenvalue weighted by atomic mass is 19.3. The van der Waals surface area contributed by atoms with E-state index in [0.29, 0.717) is 6.54 Å². The summed E-state index contributed by atoms with van der Waals surface area (Å²) in [7, 11) is 0. The first-order valence-electron chi connectivity index (χ1n) is 5.85. The Morgan fingerprint density at radius 3 is 2.50 bits per heavy atom. The molecule has 1 N–H and O–H groups in total. The minimum atomic E-state index is -2.58. The number of alkyl halides is 2. The number of rotatable bonds is 4. The molecule has 0 saturated carbocycles. The van der Waals surface area contributed by atoms with Gasteiger partial charge in [0.15, 0.2) is 0 Å². The molecule has 5 heteroatoms. The van der Waals surface area contributed by atoms with Crippen LogP contribution in [0.5, 0.6) is 0 Å². The highest BCUT2D eigenvalue weighted by Crippen LogP contribution is 2.29. The second-order valence-electron chi connectivity index (χ2n) is 4.62. The number of carboxylic acid groups (broad SMARTS) is 1. The van der Waals surface area contributed by atoms with E-state index in [2.05, 4.69) is 0 Å². The van der Waals surface area contributed by atoms with E-state index in [-0.39, 0.29) is 13.1 Å². The Bertz CT molecular complexity index is 411. The number of benzene rings is 1. The molecular weight excluding hydrogens is 240 g/mol. The van der Waals surface area contributed by atoms with Crippen LogP contribution in [0, 0.1) is 11.8 Å². The van der Waals surface area contributed by atoms with Crippen LogP contribution in [-0.4, -0.2) is 35.5 Å². The quantitative estimate of drug-likeness (QED) is 0.895. The molecule has 1 aliphatic heterocycles. The van der Waals surface area contributed by atoms with Crippen LogP contribution in [0.4, 0.5) is 8.78 Å². The van der Waals surface area contributed by atoms with Crippen molar-refractivity contribution in [2.75, 3.05) is 13.1 Å². The molecule has 0 bridgehead atoms. The summed E-state index contributed by atoms with van der Waals surface area (Å²) in [5.41, 5.74) is 1.01. The molecule has 1 heterocycles. The lowest BCUT2D eigenvalue weighted by Crippen LogP contribution is -2.27. The third-order valence-corrected chi connectivity index (χ3v) is 3.33. The van der Waals surface area contributed by atoms with Crippen molar-refractivity contribution in [2.45, 2.75) is 13.0 Å². The number of carboxylic acids is 1. The van der Waals surface area contributed by atoms with Gasteiger partial charge in [-0.1, -0.05) is 30.3 Å². The van der Waals surface area contributed by atoms with Gasteiger partial charge in [0.25, 0.3) is 0 Å². The standard InChI is InChI=1S/C13H15F2NO2/c14-12(15)10-7-16(8-11(10)13(17)18)6-9-4-2-1-3-5-9/h1-5,10-12H,6-8H2,(H,17,18). The third-order valence-electron chi connectivity index (χ3n) is 3.33. The molecule has 2 unspecified atom stereocenters. The first-order chi connectivity index (χ1) is 8.58. The highest BCUT2D eigenvalue weighted by molar-refractivity contribution is 5.71. The fourth-order valence-corrected chi connectivity index (χ4v) is 2.40. The van der Waals surface area contributed by atoms with Crippen LogP contribution in [0.1, 0.15) is 5.56 Å². The van der Waals surface area contributed by atoms with Crippen molar-refractivity contribution >= 4 is 5.97 Å². The van der Waals surface area contributed by atoms with Crippen molar-refractivity contribution in [1.82, 2.24) is 4.90 Å². The summed E-state index contributed by atoms with van der Waals surface area (Å²) in [4.78, 5) is 12.7. The lowest BCUT2D eigenvalue weighted by atomic mass is 9.97. The molecular formula is C13H15F2NO2. The zero-order chi connectivity index (χ0) is 13.1. The van der Waals surface area contributed by atoms with Gasteiger partial charge in [0.2, 0.25) is 6.43 Å². The maximum atomic E-state index is 12.8. The van der Waals surface area contributed by atoms with E-state index >= 15 is 0 Å². The van der Waals surface area contributed by atoms with E-state index in [4.69, 9.17) is 5.11 Å². The summed E-state index contributed by atoms with van der Waals surface area (Å²) < 4.78 is 25.5. The van der Waals surface area contributed by atoms with Crippen molar-refractivity contribution in [3.05, 3.63) is 35.9 Å². The molecule has 3 nitrogen and oxygen atoms in total. The predicted molar refractivity (Wildman–Crippen MR) is 62.3 cm³/mol. The van der Waals surface area contributed by atoms with E-state index in [1.165, 1.54) is 0 Å². The van der Waals surface area contributed by atoms with Crippen LogP contribution in [0.25, 0.3) is 0 Å². The molecule has 2 atom stereocenters. The molecule has 1 aliphatic rings. The minimum absolute atomic E-state index is 0.142. The number of hydrogen-bond donors (Lipinski definition) is 1. The van der Waals surface area contributed by atoms with E-state index in [9.17, 15) is 13.6 Å². The van der Waals surface area contributed by atoms with Crippen LogP contribution >= 0.6 is 0 Å². The number of aliphatic carboxylic acids is 1. The van der Waals surface area contributed by atoms with E-state index in [0.717, 1.165) is 5.56 Å². The summed E-state index contributed by atoms with van der Waals surface area (Å²) in [5, 5.41) is 8.96. The molecule has 0 aliphatic carbocycles. The molecule has 0 aromatic heterocycles. The lowest BCUT2D eigenvalue weighted by molar-refractivity contribution is -0.144. The van der Waals surface area contributed by atoms with E-state index < -0.39 is 24.2 Å². The number of carbonyl (C=O) groups is 1. The Kier molecular flexibility index (Phi) is 3.91. The van der Waals surface area contributed by atoms with Crippen molar-refractivity contribution < 1.29 is 18.7 Å². The maximum Gasteiger partial charge on any atom is 0.308 e. The van der Waals surface area contributed by atoms with Gasteiger partial charge >= 0.3 is 5.97 Å². The molecule has 18 heavy (non-hydrogen) atoms. The second kappa shape index (κ2) is 5.44. The Hall–Kier alpha value is -1.49. The zero-order valence-corrected chi connectivity index (χ0v) is 9.80. The fourth-order valence-electron chi connectivity index (χ4n) is 2.40. The monoisotopic (exact) mass is 255 g/mol. The molecule has 98 valence electrons. The Morgan fingerprint density at radius 2 is 2.00 bits per heavy atom. The van der Waals surface area contributed by atoms with Gasteiger partial charge in [0, 0.05) is 25.6 Å². The van der Waals surface area contributed by atoms with Crippen LogP contribution in [0.2, 0.25) is 0 Å². The van der Waals surface area contributed by atoms with Crippen molar-refractivity contribution in [2.24, 2.45) is 11.8 Å². The second-order valence-corrected chi connectivity index (χ2v) is 4.62. The average Bonchev–Trinajstić information content (AvgIpc) is 2.74. The molecule has 0 spiro atoms. The van der Waals surface area contributed by atoms with Crippen molar-refractivity contribution in [1.29, 1.82) is 0 Å². The molecule has 1 aromatic rings. The van der Waals surface area contributed by atoms with Crippen LogP contribution in [-0.2, 0) is 11.3 Å². The minimum Gasteiger partial charge on any atom is -0.481 e. The zero-order valence-electron chi connectivity index (χ0n) is 9.80. The summed E-state index contributed by atoms with van der Waals surface area (Å²) in [6, 6.07) is 9.46. The Labute approximate surface area is 104 Å². The van der Waals surface area contributed by atoms with Crippen molar-refractivity contribution in [3.8, 4) is 0 Å². The lowest BCUT2D eigenvalue weighted by Gasteiger charge is -2.15. The number of halogens is 2. The van der Waals surface area contributed by atoms with Crippen LogP contribution in [0.3, 0.4) is 0 Å². The largest absolute Gasteiger partial charge is 0.481 e. The predicted octanol–water partition coefficient (Wildman–Crippen LogP) is 2.08. The van der Waals surface area contributed by atoms with E-state index in [1.807, 2.05) is 30.3 Å². The number of hydrogen-bond acceptors (Lipinski definition) is 2. The SMILES string of the molecule is O=C(O)C1CN(Cc2ccccc2)CC1C(F)F. The van der Waals surface area contributed by atoms with Crippen molar-refractivity contribution in [3.63, 3.8) is 0 Å². The first kappa shape index (κ1) is 13.0. The average molecular weight is 255 g/mol. The summed E-state index contributed by atoms with van der Waals surface area (Å²) in [5.74, 6) is -3.16. The first-order valence-corrected chi connectivity index (χ1v) is 5.85. The molecule has 1 saturated heterocycles. The van der Waals surface area contributed by atoms with Gasteiger partial charge in [-0.15, -0.1) is 0 Å². The highest BCUT2D eigenvalue weighted by Gasteiger charge is 2.42. The Morgan fingerprint density at radius 1 is 1.33 bits per heavy atom. The number of likely N-dealkylation sites (tertiary alicyclic amines) is 1. The number of nitrogens with zero attached hydrogens (tertiary/aromatic N) is 1. The molecule has 0 amide bonds. The topological polar surface area (TPSA) is 40.5 Å². The van der Waals surface area contributed by atoms with Gasteiger partial charge in [0.1, 0.15) is 0 Å². The summed E-state index contributed by atoms with van der Waals surface area (Å²) in [6.45, 7) is 0.858. The van der Waals surface area contributed by atoms with Gasteiger partial charge in [-0.3, -0.25) is 9.69 Å². The molecule has 1 aromatic carbocycles. The normalized spacial score (nSPS) is 24.6. The molecule has 1 fully saturated rings.